The SMILES string of the molecule is CC(C)(C)OC(=O)c1oc(N)nc1C1CC1. The molecule has 0 amide bonds. The number of carbonyl (C=O) groups is 1. The van der Waals surface area contributed by atoms with E-state index in [9.17, 15) is 4.79 Å². The maximum absolute atomic E-state index is 11.8. The van der Waals surface area contributed by atoms with Crippen LogP contribution in [-0.4, -0.2) is 16.6 Å². The van der Waals surface area contributed by atoms with Crippen molar-refractivity contribution in [3.8, 4) is 0 Å². The fraction of sp³-hybridized carbons (Fsp3) is 0.636. The first-order valence-corrected chi connectivity index (χ1v) is 5.36. The van der Waals surface area contributed by atoms with Gasteiger partial charge in [-0.3, -0.25) is 0 Å². The van der Waals surface area contributed by atoms with Crippen LogP contribution >= 0.6 is 0 Å². The molecule has 1 aromatic heterocycles. The van der Waals surface area contributed by atoms with Gasteiger partial charge in [-0.05, 0) is 33.6 Å². The minimum atomic E-state index is -0.542. The number of hydrogen-bond acceptors (Lipinski definition) is 5. The topological polar surface area (TPSA) is 78.3 Å². The van der Waals surface area contributed by atoms with E-state index < -0.39 is 11.6 Å². The van der Waals surface area contributed by atoms with Crippen molar-refractivity contribution in [3.63, 3.8) is 0 Å². The van der Waals surface area contributed by atoms with Crippen LogP contribution < -0.4 is 5.73 Å². The third kappa shape index (κ3) is 2.35. The standard InChI is InChI=1S/C11H16N2O3/c1-11(2,3)16-9(14)8-7(6-4-5-6)13-10(12)15-8/h6H,4-5H2,1-3H3,(H2,12,13). The van der Waals surface area contributed by atoms with Crippen LogP contribution in [0.25, 0.3) is 0 Å². The summed E-state index contributed by atoms with van der Waals surface area (Å²) < 4.78 is 10.3. The van der Waals surface area contributed by atoms with E-state index >= 15 is 0 Å². The molecule has 0 saturated heterocycles. The van der Waals surface area contributed by atoms with Gasteiger partial charge in [-0.25, -0.2) is 4.79 Å². The maximum atomic E-state index is 11.8. The number of rotatable bonds is 2. The Kier molecular flexibility index (Phi) is 2.40. The van der Waals surface area contributed by atoms with E-state index in [0.29, 0.717) is 11.6 Å². The smallest absolute Gasteiger partial charge is 0.376 e. The number of hydrogen-bond donors (Lipinski definition) is 1. The van der Waals surface area contributed by atoms with E-state index in [2.05, 4.69) is 4.98 Å². The van der Waals surface area contributed by atoms with Crippen LogP contribution in [-0.2, 0) is 4.74 Å². The van der Waals surface area contributed by atoms with Crippen molar-refractivity contribution in [3.05, 3.63) is 11.5 Å². The summed E-state index contributed by atoms with van der Waals surface area (Å²) >= 11 is 0. The number of esters is 1. The monoisotopic (exact) mass is 224 g/mol. The van der Waals surface area contributed by atoms with Gasteiger partial charge in [0.15, 0.2) is 0 Å². The molecule has 5 heteroatoms. The molecule has 1 heterocycles. The first-order chi connectivity index (χ1) is 7.37. The van der Waals surface area contributed by atoms with Gasteiger partial charge in [0.2, 0.25) is 5.76 Å². The molecule has 1 saturated carbocycles. The average Bonchev–Trinajstić information content (AvgIpc) is 2.87. The van der Waals surface area contributed by atoms with Gasteiger partial charge in [0.25, 0.3) is 6.01 Å². The number of anilines is 1. The molecule has 1 aliphatic carbocycles. The van der Waals surface area contributed by atoms with Gasteiger partial charge in [-0.2, -0.15) is 4.98 Å². The van der Waals surface area contributed by atoms with Gasteiger partial charge in [-0.15, -0.1) is 0 Å². The van der Waals surface area contributed by atoms with Gasteiger partial charge >= 0.3 is 5.97 Å². The molecule has 0 atom stereocenters. The molecule has 2 rings (SSSR count). The van der Waals surface area contributed by atoms with Gasteiger partial charge in [0.1, 0.15) is 5.60 Å². The van der Waals surface area contributed by atoms with E-state index in [1.54, 1.807) is 20.8 Å². The first-order valence-electron chi connectivity index (χ1n) is 5.36. The molecular weight excluding hydrogens is 208 g/mol. The Morgan fingerprint density at radius 2 is 2.12 bits per heavy atom. The molecule has 0 aromatic carbocycles. The first kappa shape index (κ1) is 11.0. The second-order valence-electron chi connectivity index (χ2n) is 5.04. The molecule has 1 fully saturated rings. The molecule has 16 heavy (non-hydrogen) atoms. The second kappa shape index (κ2) is 3.50. The third-order valence-electron chi connectivity index (χ3n) is 2.22. The summed E-state index contributed by atoms with van der Waals surface area (Å²) in [6, 6.07) is 0.0303. The van der Waals surface area contributed by atoms with Crippen LogP contribution in [0.2, 0.25) is 0 Å². The summed E-state index contributed by atoms with van der Waals surface area (Å²) in [5.41, 5.74) is 5.56. The molecule has 88 valence electrons. The van der Waals surface area contributed by atoms with E-state index in [1.807, 2.05) is 0 Å². The fourth-order valence-electron chi connectivity index (χ4n) is 1.45. The molecule has 0 bridgehead atoms. The van der Waals surface area contributed by atoms with Crippen molar-refractivity contribution in [1.82, 2.24) is 4.98 Å². The van der Waals surface area contributed by atoms with Crippen LogP contribution in [0, 0.1) is 0 Å². The van der Waals surface area contributed by atoms with Crippen LogP contribution in [0.5, 0.6) is 0 Å². The summed E-state index contributed by atoms with van der Waals surface area (Å²) in [4.78, 5) is 15.8. The molecule has 1 aliphatic rings. The molecular formula is C11H16N2O3. The van der Waals surface area contributed by atoms with Crippen LogP contribution in [0.15, 0.2) is 4.42 Å². The number of aromatic nitrogens is 1. The normalized spacial score (nSPS) is 16.2. The van der Waals surface area contributed by atoms with Gasteiger partial charge in [0.05, 0.1) is 5.69 Å². The predicted molar refractivity (Wildman–Crippen MR) is 58.1 cm³/mol. The van der Waals surface area contributed by atoms with Crippen LogP contribution in [0.1, 0.15) is 55.8 Å². The Balaban J connectivity index is 2.22. The van der Waals surface area contributed by atoms with Crippen LogP contribution in [0.3, 0.4) is 0 Å². The lowest BCUT2D eigenvalue weighted by Gasteiger charge is -2.18. The Hall–Kier alpha value is -1.52. The lowest BCUT2D eigenvalue weighted by atomic mass is 10.2. The second-order valence-corrected chi connectivity index (χ2v) is 5.04. The number of carbonyl (C=O) groups excluding carboxylic acids is 1. The molecule has 1 aromatic rings. The highest BCUT2D eigenvalue weighted by Crippen LogP contribution is 2.42. The molecule has 0 unspecified atom stereocenters. The zero-order valence-electron chi connectivity index (χ0n) is 9.74. The highest BCUT2D eigenvalue weighted by molar-refractivity contribution is 5.88. The van der Waals surface area contributed by atoms with Crippen molar-refractivity contribution in [1.29, 1.82) is 0 Å². The van der Waals surface area contributed by atoms with Crippen molar-refractivity contribution in [2.75, 3.05) is 5.73 Å². The zero-order chi connectivity index (χ0) is 11.9. The van der Waals surface area contributed by atoms with Crippen molar-refractivity contribution < 1.29 is 13.9 Å². The molecule has 0 aliphatic heterocycles. The molecule has 0 radical (unpaired) electrons. The summed E-state index contributed by atoms with van der Waals surface area (Å²) in [5.74, 6) is -0.0166. The van der Waals surface area contributed by atoms with Gasteiger partial charge in [0, 0.05) is 5.92 Å². The highest BCUT2D eigenvalue weighted by atomic mass is 16.6. The number of ether oxygens (including phenoxy) is 1. The zero-order valence-corrected chi connectivity index (χ0v) is 9.74. The molecule has 2 N–H and O–H groups in total. The predicted octanol–water partition coefficient (Wildman–Crippen LogP) is 2.09. The quantitative estimate of drug-likeness (QED) is 0.778. The average molecular weight is 224 g/mol. The van der Waals surface area contributed by atoms with E-state index in [4.69, 9.17) is 14.9 Å². The Bertz CT molecular complexity index is 413. The van der Waals surface area contributed by atoms with E-state index in [0.717, 1.165) is 12.8 Å². The number of nitrogens with two attached hydrogens (primary N) is 1. The minimum Gasteiger partial charge on any atom is -0.454 e. The number of nitrogen functional groups attached to an aromatic ring is 1. The minimum absolute atomic E-state index is 0.0303. The van der Waals surface area contributed by atoms with E-state index in [-0.39, 0.29) is 11.8 Å². The van der Waals surface area contributed by atoms with Crippen molar-refractivity contribution in [2.45, 2.75) is 45.1 Å². The summed E-state index contributed by atoms with van der Waals surface area (Å²) in [7, 11) is 0. The largest absolute Gasteiger partial charge is 0.454 e. The van der Waals surface area contributed by atoms with Crippen LogP contribution in [0.4, 0.5) is 6.01 Å². The summed E-state index contributed by atoms with van der Waals surface area (Å²) in [6.07, 6.45) is 2.06. The van der Waals surface area contributed by atoms with Crippen molar-refractivity contribution in [2.24, 2.45) is 0 Å². The summed E-state index contributed by atoms with van der Waals surface area (Å²) in [6.45, 7) is 5.42. The van der Waals surface area contributed by atoms with E-state index in [1.165, 1.54) is 0 Å². The fourth-order valence-corrected chi connectivity index (χ4v) is 1.45. The Morgan fingerprint density at radius 3 is 2.62 bits per heavy atom. The van der Waals surface area contributed by atoms with Crippen molar-refractivity contribution >= 4 is 12.0 Å². The summed E-state index contributed by atoms with van der Waals surface area (Å²) in [5, 5.41) is 0. The van der Waals surface area contributed by atoms with Gasteiger partial charge < -0.3 is 14.9 Å². The lowest BCUT2D eigenvalue weighted by molar-refractivity contribution is 0.00354. The number of nitrogens with zero attached hydrogens (tertiary/aromatic N) is 1. The molecule has 0 spiro atoms. The third-order valence-corrected chi connectivity index (χ3v) is 2.22. The van der Waals surface area contributed by atoms with Gasteiger partial charge in [-0.1, -0.05) is 0 Å². The Morgan fingerprint density at radius 1 is 1.50 bits per heavy atom. The molecule has 5 nitrogen and oxygen atoms in total. The highest BCUT2D eigenvalue weighted by Gasteiger charge is 2.35. The lowest BCUT2D eigenvalue weighted by Crippen LogP contribution is -2.24. The maximum Gasteiger partial charge on any atom is 0.376 e. The Labute approximate surface area is 94.0 Å². The number of oxazole rings is 1.